The molecule has 0 radical (unpaired) electrons. The molecule has 1 heterocycles. The van der Waals surface area contributed by atoms with Crippen LogP contribution in [0.5, 0.6) is 5.75 Å². The lowest BCUT2D eigenvalue weighted by Crippen LogP contribution is -2.18. The fourth-order valence-corrected chi connectivity index (χ4v) is 2.79. The van der Waals surface area contributed by atoms with Crippen LogP contribution in [0.3, 0.4) is 0 Å². The molecule has 6 heteroatoms. The number of hydrogen-bond donors (Lipinski definition) is 2. The lowest BCUT2D eigenvalue weighted by atomic mass is 9.99. The number of phenolic OH excluding ortho intramolecular Hbond substituents is 1. The number of nitrogens with zero attached hydrogens (tertiary/aromatic N) is 2. The maximum Gasteiger partial charge on any atom is 0.275 e. The van der Waals surface area contributed by atoms with Gasteiger partial charge in [-0.15, -0.1) is 0 Å². The molecule has 22 heavy (non-hydrogen) atoms. The fraction of sp³-hybridized carbons (Fsp3) is 0.375. The zero-order valence-corrected chi connectivity index (χ0v) is 14.7. The maximum absolute atomic E-state index is 12.5. The molecular weight excluding hydrogens is 346 g/mol. The van der Waals surface area contributed by atoms with Crippen LogP contribution in [-0.4, -0.2) is 20.8 Å². The van der Waals surface area contributed by atoms with Crippen molar-refractivity contribution in [2.24, 2.45) is 0 Å². The normalized spacial score (nSPS) is 11.0. The average Bonchev–Trinajstić information content (AvgIpc) is 2.82. The van der Waals surface area contributed by atoms with Crippen molar-refractivity contribution < 1.29 is 9.90 Å². The zero-order chi connectivity index (χ0) is 16.4. The van der Waals surface area contributed by atoms with Gasteiger partial charge in [0.15, 0.2) is 0 Å². The maximum atomic E-state index is 12.5. The Labute approximate surface area is 138 Å². The van der Waals surface area contributed by atoms with E-state index in [0.717, 1.165) is 11.1 Å². The van der Waals surface area contributed by atoms with Crippen LogP contribution in [0.15, 0.2) is 22.8 Å². The highest BCUT2D eigenvalue weighted by molar-refractivity contribution is 9.10. The Morgan fingerprint density at radius 2 is 2.14 bits per heavy atom. The third kappa shape index (κ3) is 3.16. The number of aromatic nitrogens is 2. The lowest BCUT2D eigenvalue weighted by molar-refractivity contribution is 0.101. The number of aryl methyl sites for hydroxylation is 2. The summed E-state index contributed by atoms with van der Waals surface area (Å²) >= 11 is 3.36. The van der Waals surface area contributed by atoms with E-state index >= 15 is 0 Å². The van der Waals surface area contributed by atoms with Gasteiger partial charge in [0.05, 0.1) is 10.7 Å². The summed E-state index contributed by atoms with van der Waals surface area (Å²) in [5.74, 6) is 0.198. The molecule has 0 saturated heterocycles. The molecule has 2 rings (SSSR count). The van der Waals surface area contributed by atoms with Gasteiger partial charge in [-0.3, -0.25) is 9.48 Å². The van der Waals surface area contributed by atoms with Gasteiger partial charge in [-0.05, 0) is 59.0 Å². The number of benzene rings is 1. The van der Waals surface area contributed by atoms with Crippen molar-refractivity contribution in [1.29, 1.82) is 0 Å². The number of hydrogen-bond acceptors (Lipinski definition) is 3. The molecule has 0 saturated carbocycles. The van der Waals surface area contributed by atoms with Gasteiger partial charge in [0.2, 0.25) is 0 Å². The van der Waals surface area contributed by atoms with Crippen LogP contribution in [0.4, 0.5) is 5.69 Å². The van der Waals surface area contributed by atoms with Gasteiger partial charge in [0.25, 0.3) is 5.91 Å². The first kappa shape index (κ1) is 16.5. The van der Waals surface area contributed by atoms with Gasteiger partial charge in [0, 0.05) is 12.2 Å². The number of phenols is 1. The molecule has 2 N–H and O–H groups in total. The Balaban J connectivity index is 2.36. The van der Waals surface area contributed by atoms with Crippen LogP contribution >= 0.6 is 15.9 Å². The number of carbonyl (C=O) groups excluding carboxylic acids is 1. The van der Waals surface area contributed by atoms with Crippen molar-refractivity contribution in [3.05, 3.63) is 39.6 Å². The summed E-state index contributed by atoms with van der Waals surface area (Å²) in [4.78, 5) is 12.5. The van der Waals surface area contributed by atoms with E-state index in [-0.39, 0.29) is 17.6 Å². The monoisotopic (exact) mass is 365 g/mol. The summed E-state index contributed by atoms with van der Waals surface area (Å²) in [6, 6.07) is 3.50. The first-order chi connectivity index (χ1) is 10.3. The van der Waals surface area contributed by atoms with E-state index in [4.69, 9.17) is 0 Å². The SMILES string of the molecule is CCn1ncc(Br)c1C(=O)Nc1cc(C(C)C)c(O)cc1C. The van der Waals surface area contributed by atoms with Crippen LogP contribution in [0.1, 0.15) is 48.3 Å². The number of aromatic hydroxyl groups is 1. The Hall–Kier alpha value is -1.82. The molecule has 0 aliphatic heterocycles. The molecule has 0 aliphatic rings. The molecule has 0 aliphatic carbocycles. The average molecular weight is 366 g/mol. The van der Waals surface area contributed by atoms with Crippen molar-refractivity contribution in [2.45, 2.75) is 40.2 Å². The Morgan fingerprint density at radius 3 is 2.73 bits per heavy atom. The molecule has 118 valence electrons. The number of nitrogens with one attached hydrogen (secondary N) is 1. The van der Waals surface area contributed by atoms with E-state index in [2.05, 4.69) is 26.3 Å². The molecule has 2 aromatic rings. The van der Waals surface area contributed by atoms with Crippen molar-refractivity contribution in [3.8, 4) is 5.75 Å². The molecule has 0 fully saturated rings. The minimum atomic E-state index is -0.227. The summed E-state index contributed by atoms with van der Waals surface area (Å²) in [6.07, 6.45) is 1.61. The minimum absolute atomic E-state index is 0.171. The van der Waals surface area contributed by atoms with E-state index in [1.165, 1.54) is 0 Å². The second-order valence-corrected chi connectivity index (χ2v) is 6.35. The summed E-state index contributed by atoms with van der Waals surface area (Å²) in [6.45, 7) is 8.39. The van der Waals surface area contributed by atoms with Gasteiger partial charge < -0.3 is 10.4 Å². The van der Waals surface area contributed by atoms with E-state index in [9.17, 15) is 9.90 Å². The van der Waals surface area contributed by atoms with Crippen LogP contribution in [-0.2, 0) is 6.54 Å². The molecule has 0 spiro atoms. The van der Waals surface area contributed by atoms with Crippen molar-refractivity contribution in [2.75, 3.05) is 5.32 Å². The summed E-state index contributed by atoms with van der Waals surface area (Å²) in [7, 11) is 0. The number of anilines is 1. The first-order valence-electron chi connectivity index (χ1n) is 7.21. The van der Waals surface area contributed by atoms with E-state index < -0.39 is 0 Å². The molecule has 0 atom stereocenters. The summed E-state index contributed by atoms with van der Waals surface area (Å²) < 4.78 is 2.30. The van der Waals surface area contributed by atoms with Gasteiger partial charge in [-0.1, -0.05) is 13.8 Å². The summed E-state index contributed by atoms with van der Waals surface area (Å²) in [5, 5.41) is 17.1. The molecule has 5 nitrogen and oxygen atoms in total. The molecular formula is C16H20BrN3O2. The predicted molar refractivity (Wildman–Crippen MR) is 90.5 cm³/mol. The standard InChI is InChI=1S/C16H20BrN3O2/c1-5-20-15(12(17)8-18-20)16(22)19-13-7-11(9(2)3)14(21)6-10(13)4/h6-9,21H,5H2,1-4H3,(H,19,22). The van der Waals surface area contributed by atoms with Crippen LogP contribution in [0.2, 0.25) is 0 Å². The molecule has 0 bridgehead atoms. The number of carbonyl (C=O) groups is 1. The predicted octanol–water partition coefficient (Wildman–Crippen LogP) is 4.06. The quantitative estimate of drug-likeness (QED) is 0.802. The van der Waals surface area contributed by atoms with Gasteiger partial charge >= 0.3 is 0 Å². The van der Waals surface area contributed by atoms with Gasteiger partial charge in [0.1, 0.15) is 11.4 Å². The molecule has 1 aromatic carbocycles. The van der Waals surface area contributed by atoms with Crippen LogP contribution in [0.25, 0.3) is 0 Å². The molecule has 0 unspecified atom stereocenters. The third-order valence-corrected chi connectivity index (χ3v) is 4.13. The van der Waals surface area contributed by atoms with E-state index in [1.807, 2.05) is 33.8 Å². The summed E-state index contributed by atoms with van der Waals surface area (Å²) in [5.41, 5.74) is 2.81. The first-order valence-corrected chi connectivity index (χ1v) is 8.00. The second-order valence-electron chi connectivity index (χ2n) is 5.49. The van der Waals surface area contributed by atoms with Gasteiger partial charge in [-0.25, -0.2) is 0 Å². The largest absolute Gasteiger partial charge is 0.508 e. The van der Waals surface area contributed by atoms with E-state index in [1.54, 1.807) is 16.9 Å². The van der Waals surface area contributed by atoms with Crippen molar-refractivity contribution in [3.63, 3.8) is 0 Å². The highest BCUT2D eigenvalue weighted by Crippen LogP contribution is 2.31. The number of rotatable bonds is 4. The zero-order valence-electron chi connectivity index (χ0n) is 13.1. The van der Waals surface area contributed by atoms with Crippen LogP contribution < -0.4 is 5.32 Å². The fourth-order valence-electron chi connectivity index (χ4n) is 2.32. The Bertz CT molecular complexity index is 708. The molecule has 1 aromatic heterocycles. The lowest BCUT2D eigenvalue weighted by Gasteiger charge is -2.15. The highest BCUT2D eigenvalue weighted by atomic mass is 79.9. The van der Waals surface area contributed by atoms with Crippen LogP contribution in [0, 0.1) is 6.92 Å². The van der Waals surface area contributed by atoms with Crippen molar-refractivity contribution in [1.82, 2.24) is 9.78 Å². The smallest absolute Gasteiger partial charge is 0.275 e. The van der Waals surface area contributed by atoms with E-state index in [0.29, 0.717) is 22.4 Å². The Morgan fingerprint density at radius 1 is 1.45 bits per heavy atom. The molecule has 1 amide bonds. The number of halogens is 1. The topological polar surface area (TPSA) is 67.2 Å². The third-order valence-electron chi connectivity index (χ3n) is 3.55. The highest BCUT2D eigenvalue weighted by Gasteiger charge is 2.18. The number of amides is 1. The minimum Gasteiger partial charge on any atom is -0.508 e. The second kappa shape index (κ2) is 6.52. The van der Waals surface area contributed by atoms with Gasteiger partial charge in [-0.2, -0.15) is 5.10 Å². The van der Waals surface area contributed by atoms with Crippen molar-refractivity contribution >= 4 is 27.5 Å². The Kier molecular flexibility index (Phi) is 4.90.